The first kappa shape index (κ1) is 18.7. The minimum atomic E-state index is 0.0853. The Bertz CT molecular complexity index is 685. The Morgan fingerprint density at radius 3 is 2.42 bits per heavy atom. The average Bonchev–Trinajstić information content (AvgIpc) is 2.93. The molecule has 0 spiro atoms. The third kappa shape index (κ3) is 4.67. The van der Waals surface area contributed by atoms with Crippen LogP contribution in [0, 0.1) is 6.92 Å². The number of carbonyl (C=O) groups excluding carboxylic acids is 1. The van der Waals surface area contributed by atoms with Crippen LogP contribution in [0.5, 0.6) is 0 Å². The van der Waals surface area contributed by atoms with Gasteiger partial charge in [-0.3, -0.25) is 4.79 Å². The molecular weight excluding hydrogens is 342 g/mol. The highest BCUT2D eigenvalue weighted by atomic mass is 32.2. The largest absolute Gasteiger partial charge is 0.343 e. The fourth-order valence-corrected chi connectivity index (χ4v) is 3.92. The van der Waals surface area contributed by atoms with Crippen LogP contribution >= 0.6 is 23.5 Å². The molecule has 2 N–H and O–H groups in total. The second kappa shape index (κ2) is 8.98. The van der Waals surface area contributed by atoms with Gasteiger partial charge in [-0.05, 0) is 31.9 Å². The van der Waals surface area contributed by atoms with E-state index in [2.05, 4.69) is 29.3 Å². The number of aromatic nitrogens is 3. The molecule has 6 nitrogen and oxygen atoms in total. The van der Waals surface area contributed by atoms with Crippen LogP contribution in [0.25, 0.3) is 0 Å². The van der Waals surface area contributed by atoms with E-state index in [4.69, 9.17) is 5.84 Å². The number of hydrogen-bond donors (Lipinski definition) is 1. The lowest BCUT2D eigenvalue weighted by atomic mass is 10.1. The van der Waals surface area contributed by atoms with Gasteiger partial charge in [-0.1, -0.05) is 47.8 Å². The fourth-order valence-electron chi connectivity index (χ4n) is 2.17. The second-order valence-corrected chi connectivity index (χ2v) is 7.09. The smallest absolute Gasteiger partial charge is 0.233 e. The number of benzene rings is 1. The summed E-state index contributed by atoms with van der Waals surface area (Å²) in [6.45, 7) is 7.45. The highest BCUT2D eigenvalue weighted by Gasteiger charge is 2.15. The molecule has 1 heterocycles. The molecule has 0 saturated carbocycles. The molecular formula is C16H23N5OS2. The van der Waals surface area contributed by atoms with Gasteiger partial charge in [0, 0.05) is 18.8 Å². The molecule has 0 unspecified atom stereocenters. The average molecular weight is 366 g/mol. The molecule has 1 aromatic heterocycles. The van der Waals surface area contributed by atoms with Gasteiger partial charge in [0.1, 0.15) is 0 Å². The maximum absolute atomic E-state index is 12.0. The Labute approximate surface area is 151 Å². The van der Waals surface area contributed by atoms with Crippen LogP contribution in [0.1, 0.15) is 25.0 Å². The molecule has 1 aromatic carbocycles. The summed E-state index contributed by atoms with van der Waals surface area (Å²) in [5.74, 6) is 7.24. The first-order valence-corrected chi connectivity index (χ1v) is 9.82. The van der Waals surface area contributed by atoms with Crippen LogP contribution < -0.4 is 5.84 Å². The summed E-state index contributed by atoms with van der Waals surface area (Å²) < 4.78 is 1.46. The van der Waals surface area contributed by atoms with Crippen molar-refractivity contribution in [1.29, 1.82) is 0 Å². The Hall–Kier alpha value is -1.67. The normalized spacial score (nSPS) is 10.8. The van der Waals surface area contributed by atoms with Gasteiger partial charge in [0.25, 0.3) is 0 Å². The zero-order chi connectivity index (χ0) is 17.5. The van der Waals surface area contributed by atoms with Crippen molar-refractivity contribution in [2.75, 3.05) is 24.7 Å². The number of thioether (sulfide) groups is 2. The lowest BCUT2D eigenvalue weighted by Gasteiger charge is -2.17. The van der Waals surface area contributed by atoms with E-state index in [1.54, 1.807) is 16.7 Å². The van der Waals surface area contributed by atoms with E-state index in [0.29, 0.717) is 29.2 Å². The van der Waals surface area contributed by atoms with E-state index in [0.717, 1.165) is 5.75 Å². The van der Waals surface area contributed by atoms with Gasteiger partial charge in [0.05, 0.1) is 5.75 Å². The lowest BCUT2D eigenvalue weighted by molar-refractivity contribution is -0.127. The monoisotopic (exact) mass is 365 g/mol. The van der Waals surface area contributed by atoms with Crippen LogP contribution in [0.3, 0.4) is 0 Å². The first-order chi connectivity index (χ1) is 11.6. The van der Waals surface area contributed by atoms with Crippen molar-refractivity contribution in [3.05, 3.63) is 35.4 Å². The molecule has 0 aliphatic carbocycles. The van der Waals surface area contributed by atoms with Crippen LogP contribution in [0.15, 0.2) is 34.6 Å². The third-order valence-corrected chi connectivity index (χ3v) is 5.61. The van der Waals surface area contributed by atoms with Crippen molar-refractivity contribution in [1.82, 2.24) is 19.8 Å². The van der Waals surface area contributed by atoms with Crippen molar-refractivity contribution in [2.24, 2.45) is 0 Å². The SMILES string of the molecule is CCN(CC)C(=O)CSc1nnc(SCc2ccccc2C)n1N. The number of nitrogens with two attached hydrogens (primary N) is 1. The lowest BCUT2D eigenvalue weighted by Crippen LogP contribution is -2.32. The standard InChI is InChI=1S/C16H23N5OS2/c1-4-20(5-2)14(22)11-24-16-19-18-15(21(16)17)23-10-13-9-7-6-8-12(13)3/h6-9H,4-5,10-11,17H2,1-3H3. The molecule has 0 radical (unpaired) electrons. The van der Waals surface area contributed by atoms with Gasteiger partial charge in [0.15, 0.2) is 0 Å². The predicted octanol–water partition coefficient (Wildman–Crippen LogP) is 2.55. The van der Waals surface area contributed by atoms with Crippen LogP contribution in [-0.2, 0) is 10.5 Å². The fraction of sp³-hybridized carbons (Fsp3) is 0.438. The minimum Gasteiger partial charge on any atom is -0.343 e. The van der Waals surface area contributed by atoms with Crippen molar-refractivity contribution in [2.45, 2.75) is 36.8 Å². The Morgan fingerprint density at radius 2 is 1.79 bits per heavy atom. The van der Waals surface area contributed by atoms with Gasteiger partial charge in [-0.25, -0.2) is 4.68 Å². The summed E-state index contributed by atoms with van der Waals surface area (Å²) in [6, 6.07) is 8.23. The van der Waals surface area contributed by atoms with E-state index in [-0.39, 0.29) is 5.91 Å². The zero-order valence-electron chi connectivity index (χ0n) is 14.2. The predicted molar refractivity (Wildman–Crippen MR) is 99.6 cm³/mol. The number of nitrogens with zero attached hydrogens (tertiary/aromatic N) is 4. The molecule has 24 heavy (non-hydrogen) atoms. The Kier molecular flexibility index (Phi) is 6.99. The van der Waals surface area contributed by atoms with Gasteiger partial charge < -0.3 is 10.7 Å². The maximum atomic E-state index is 12.0. The van der Waals surface area contributed by atoms with Gasteiger partial charge in [0.2, 0.25) is 16.2 Å². The molecule has 8 heteroatoms. The second-order valence-electron chi connectivity index (χ2n) is 5.21. The summed E-state index contributed by atoms with van der Waals surface area (Å²) in [4.78, 5) is 13.8. The molecule has 0 aliphatic rings. The summed E-state index contributed by atoms with van der Waals surface area (Å²) in [5, 5.41) is 9.43. The zero-order valence-corrected chi connectivity index (χ0v) is 15.9. The summed E-state index contributed by atoms with van der Waals surface area (Å²) >= 11 is 2.86. The summed E-state index contributed by atoms with van der Waals surface area (Å²) in [5.41, 5.74) is 2.49. The van der Waals surface area contributed by atoms with Crippen molar-refractivity contribution < 1.29 is 4.79 Å². The quantitative estimate of drug-likeness (QED) is 0.572. The van der Waals surface area contributed by atoms with E-state index < -0.39 is 0 Å². The number of amides is 1. The summed E-state index contributed by atoms with van der Waals surface area (Å²) in [7, 11) is 0. The molecule has 0 bridgehead atoms. The van der Waals surface area contributed by atoms with E-state index >= 15 is 0 Å². The first-order valence-electron chi connectivity index (χ1n) is 7.85. The molecule has 0 saturated heterocycles. The molecule has 2 rings (SSSR count). The number of aryl methyl sites for hydroxylation is 1. The van der Waals surface area contributed by atoms with Gasteiger partial charge in [-0.15, -0.1) is 10.2 Å². The van der Waals surface area contributed by atoms with E-state index in [1.165, 1.54) is 27.6 Å². The van der Waals surface area contributed by atoms with E-state index in [1.807, 2.05) is 26.0 Å². The van der Waals surface area contributed by atoms with Crippen molar-refractivity contribution in [3.63, 3.8) is 0 Å². The third-order valence-electron chi connectivity index (χ3n) is 3.69. The van der Waals surface area contributed by atoms with E-state index in [9.17, 15) is 4.79 Å². The topological polar surface area (TPSA) is 77.0 Å². The van der Waals surface area contributed by atoms with Crippen LogP contribution in [0.2, 0.25) is 0 Å². The molecule has 0 fully saturated rings. The summed E-state index contributed by atoms with van der Waals surface area (Å²) in [6.07, 6.45) is 0. The van der Waals surface area contributed by atoms with Gasteiger partial charge >= 0.3 is 0 Å². The molecule has 0 atom stereocenters. The maximum Gasteiger partial charge on any atom is 0.233 e. The molecule has 130 valence electrons. The number of carbonyl (C=O) groups is 1. The molecule has 0 aliphatic heterocycles. The minimum absolute atomic E-state index is 0.0853. The highest BCUT2D eigenvalue weighted by molar-refractivity contribution is 8.00. The Morgan fingerprint density at radius 1 is 1.17 bits per heavy atom. The van der Waals surface area contributed by atoms with Crippen molar-refractivity contribution >= 4 is 29.4 Å². The number of nitrogen functional groups attached to an aromatic ring is 1. The van der Waals surface area contributed by atoms with Gasteiger partial charge in [-0.2, -0.15) is 0 Å². The molecule has 2 aromatic rings. The number of hydrogen-bond acceptors (Lipinski definition) is 6. The number of rotatable bonds is 8. The molecule has 1 amide bonds. The van der Waals surface area contributed by atoms with Crippen molar-refractivity contribution in [3.8, 4) is 0 Å². The highest BCUT2D eigenvalue weighted by Crippen LogP contribution is 2.25. The Balaban J connectivity index is 1.93. The van der Waals surface area contributed by atoms with Crippen LogP contribution in [-0.4, -0.2) is 44.5 Å². The van der Waals surface area contributed by atoms with Crippen LogP contribution in [0.4, 0.5) is 0 Å².